The third-order valence-corrected chi connectivity index (χ3v) is 10.1. The maximum absolute atomic E-state index is 10.4. The van der Waals surface area contributed by atoms with E-state index in [1.807, 2.05) is 6.26 Å². The SMILES string of the molecule is CC(C)C(N)C(=O)O.CC(O)C(N)C(=O)O.CSCCC(N)C(=O)O.N=C(N)NCCCC(N)C(=O)O.NC(CSSCC(N)C(=O)O)C(=O)O.NC(Cc1ccc(O)cc1)C(=O)O. The van der Waals surface area contributed by atoms with Crippen molar-refractivity contribution in [1.29, 1.82) is 5.41 Å². The average Bonchev–Trinajstić information content (AvgIpc) is 3.20. The minimum absolute atomic E-state index is 0.0208. The number of aliphatic carboxylic acids is 7. The van der Waals surface area contributed by atoms with Gasteiger partial charge in [-0.25, -0.2) is 0 Å². The van der Waals surface area contributed by atoms with Gasteiger partial charge in [-0.2, -0.15) is 11.8 Å². The molecular weight excluding hydrogens is 913 g/mol. The molecule has 0 aliphatic carbocycles. The summed E-state index contributed by atoms with van der Waals surface area (Å²) in [5, 5.41) is 85.1. The van der Waals surface area contributed by atoms with Crippen LogP contribution in [0.25, 0.3) is 0 Å². The second-order valence-electron chi connectivity index (χ2n) is 13.1. The van der Waals surface area contributed by atoms with Crippen molar-refractivity contribution in [1.82, 2.24) is 5.32 Å². The summed E-state index contributed by atoms with van der Waals surface area (Å²) in [7, 11) is 2.41. The van der Waals surface area contributed by atoms with Crippen LogP contribution in [-0.4, -0.2) is 172 Å². The highest BCUT2D eigenvalue weighted by atomic mass is 33.1. The Bertz CT molecular complexity index is 1460. The van der Waals surface area contributed by atoms with E-state index in [1.54, 1.807) is 37.7 Å². The van der Waals surface area contributed by atoms with Crippen molar-refractivity contribution < 1.29 is 79.5 Å². The van der Waals surface area contributed by atoms with Crippen LogP contribution in [0.4, 0.5) is 0 Å². The quantitative estimate of drug-likeness (QED) is 0.0228. The Morgan fingerprint density at radius 3 is 1.25 bits per heavy atom. The maximum atomic E-state index is 10.4. The lowest BCUT2D eigenvalue weighted by atomic mass is 10.1. The van der Waals surface area contributed by atoms with Gasteiger partial charge in [0.2, 0.25) is 0 Å². The van der Waals surface area contributed by atoms with Crippen LogP contribution in [0.3, 0.4) is 0 Å². The fourth-order valence-electron chi connectivity index (χ4n) is 2.89. The molecule has 0 spiro atoms. The van der Waals surface area contributed by atoms with Crippen molar-refractivity contribution in [3.8, 4) is 5.75 Å². The summed E-state index contributed by atoms with van der Waals surface area (Å²) in [4.78, 5) is 71.1. The molecule has 0 aliphatic heterocycles. The van der Waals surface area contributed by atoms with Gasteiger partial charge in [0, 0.05) is 18.1 Å². The van der Waals surface area contributed by atoms with Crippen molar-refractivity contribution in [3.63, 3.8) is 0 Å². The first kappa shape index (κ1) is 68.4. The average molecular weight is 981 g/mol. The van der Waals surface area contributed by atoms with Crippen LogP contribution in [0.15, 0.2) is 24.3 Å². The number of benzene rings is 1. The van der Waals surface area contributed by atoms with Gasteiger partial charge in [-0.1, -0.05) is 47.6 Å². The van der Waals surface area contributed by atoms with E-state index in [4.69, 9.17) is 97.2 Å². The van der Waals surface area contributed by atoms with Gasteiger partial charge in [0.15, 0.2) is 5.96 Å². The highest BCUT2D eigenvalue weighted by Crippen LogP contribution is 2.22. The lowest BCUT2D eigenvalue weighted by molar-refractivity contribution is -0.141. The molecule has 0 saturated carbocycles. The Hall–Kier alpha value is -4.69. The molecule has 0 radical (unpaired) electrons. The molecule has 1 aromatic rings. The minimum Gasteiger partial charge on any atom is -0.508 e. The standard InChI is InChI=1S/C9H11NO3.C6H14N4O2.C6H12N2O4S2.C5H11NO2S.C5H11NO2.C4H9NO3/c10-8(9(12)13)5-6-1-3-7(11)4-2-6;7-4(5(11)12)2-1-3-10-6(8)9;7-3(5(9)10)1-13-14-2-4(8)6(11)12;1-9-3-2-4(6)5(7)8;1-3(2)4(6)5(7)8;1-2(6)3(5)4(7)8/h1-4,8,11H,5,10H2,(H,12,13);4H,1-3,7H2,(H,11,12)(H4,8,9,10);3-4H,1-2,7-8H2,(H,9,10)(H,11,12);4H,2-3,6H2,1H3,(H,7,8);3-4H,6H2,1-2H3,(H,7,8);2-3,6H,5H2,1H3,(H,7,8). The first-order valence-corrected chi connectivity index (χ1v) is 22.4. The fourth-order valence-corrected chi connectivity index (χ4v) is 5.60. The van der Waals surface area contributed by atoms with Gasteiger partial charge in [-0.15, -0.1) is 0 Å². The summed E-state index contributed by atoms with van der Waals surface area (Å²) in [6.07, 6.45) is 2.75. The molecule has 27 N–H and O–H groups in total. The zero-order valence-electron chi connectivity index (χ0n) is 35.9. The fraction of sp³-hybridized carbons (Fsp3) is 0.600. The van der Waals surface area contributed by atoms with Gasteiger partial charge in [0.1, 0.15) is 48.0 Å². The van der Waals surface area contributed by atoms with Crippen molar-refractivity contribution in [2.24, 2.45) is 51.8 Å². The van der Waals surface area contributed by atoms with Crippen LogP contribution in [0, 0.1) is 11.3 Å². The largest absolute Gasteiger partial charge is 0.508 e. The van der Waals surface area contributed by atoms with Gasteiger partial charge in [0.05, 0.1) is 6.10 Å². The molecule has 0 aliphatic rings. The number of nitrogens with two attached hydrogens (primary N) is 8. The van der Waals surface area contributed by atoms with Crippen LogP contribution in [-0.2, 0) is 40.0 Å². The number of rotatable bonds is 23. The molecule has 0 bridgehead atoms. The molecule has 1 rings (SSSR count). The molecule has 26 nitrogen and oxygen atoms in total. The predicted molar refractivity (Wildman–Crippen MR) is 245 cm³/mol. The van der Waals surface area contributed by atoms with E-state index in [0.29, 0.717) is 25.8 Å². The monoisotopic (exact) mass is 980 g/mol. The molecule has 0 saturated heterocycles. The van der Waals surface area contributed by atoms with E-state index < -0.39 is 90.2 Å². The number of carboxylic acids is 7. The molecule has 64 heavy (non-hydrogen) atoms. The van der Waals surface area contributed by atoms with Crippen LogP contribution in [0.5, 0.6) is 5.75 Å². The number of thioether (sulfide) groups is 1. The first-order valence-electron chi connectivity index (χ1n) is 18.5. The first-order chi connectivity index (χ1) is 29.4. The van der Waals surface area contributed by atoms with Gasteiger partial charge in [-0.05, 0) is 68.2 Å². The van der Waals surface area contributed by atoms with Gasteiger partial charge >= 0.3 is 41.8 Å². The number of nitrogens with one attached hydrogen (secondary N) is 2. The Labute approximate surface area is 382 Å². The number of aliphatic hydroxyl groups is 1. The highest BCUT2D eigenvalue weighted by molar-refractivity contribution is 8.76. The Kier molecular flexibility index (Phi) is 43.8. The third-order valence-electron chi connectivity index (χ3n) is 7.01. The zero-order chi connectivity index (χ0) is 51.3. The number of phenolic OH excluding ortho intramolecular Hbond substituents is 1. The van der Waals surface area contributed by atoms with Crippen LogP contribution in [0.2, 0.25) is 0 Å². The number of carboxylic acid groups (broad SMARTS) is 7. The summed E-state index contributed by atoms with van der Waals surface area (Å²) in [5.41, 5.74) is 42.0. The normalized spacial score (nSPS) is 13.8. The molecule has 0 fully saturated rings. The number of hydrogen-bond acceptors (Lipinski definition) is 20. The number of hydrogen-bond donors (Lipinski definition) is 19. The molecule has 8 unspecified atom stereocenters. The Morgan fingerprint density at radius 1 is 0.609 bits per heavy atom. The van der Waals surface area contributed by atoms with Crippen molar-refractivity contribution >= 4 is 81.1 Å². The second kappa shape index (κ2) is 41.0. The van der Waals surface area contributed by atoms with Gasteiger partial charge in [-0.3, -0.25) is 39.0 Å². The number of aromatic hydroxyl groups is 1. The molecule has 0 heterocycles. The number of phenols is 1. The van der Waals surface area contributed by atoms with E-state index in [-0.39, 0.29) is 35.6 Å². The van der Waals surface area contributed by atoms with Crippen molar-refractivity contribution in [2.45, 2.75) is 94.9 Å². The molecule has 1 aromatic carbocycles. The van der Waals surface area contributed by atoms with Gasteiger partial charge in [0.25, 0.3) is 0 Å². The van der Waals surface area contributed by atoms with E-state index in [2.05, 4.69) is 5.32 Å². The lowest BCUT2D eigenvalue weighted by Gasteiger charge is -2.07. The molecule has 372 valence electrons. The van der Waals surface area contributed by atoms with E-state index in [9.17, 15) is 33.6 Å². The summed E-state index contributed by atoms with van der Waals surface area (Å²) < 4.78 is 0. The summed E-state index contributed by atoms with van der Waals surface area (Å²) in [5.74, 6) is -5.85. The highest BCUT2D eigenvalue weighted by Gasteiger charge is 2.17. The maximum Gasteiger partial charge on any atom is 0.323 e. The van der Waals surface area contributed by atoms with Crippen molar-refractivity contribution in [2.75, 3.05) is 30.1 Å². The number of aliphatic hydroxyl groups excluding tert-OH is 1. The van der Waals surface area contributed by atoms with E-state index >= 15 is 0 Å². The van der Waals surface area contributed by atoms with Crippen molar-refractivity contribution in [3.05, 3.63) is 29.8 Å². The molecule has 8 atom stereocenters. The summed E-state index contributed by atoms with van der Waals surface area (Å²) in [6, 6.07) is 0.206. The van der Waals surface area contributed by atoms with E-state index in [1.165, 1.54) is 40.6 Å². The van der Waals surface area contributed by atoms with Gasteiger partial charge < -0.3 is 97.1 Å². The lowest BCUT2D eigenvalue weighted by Crippen LogP contribution is -2.39. The van der Waals surface area contributed by atoms with Crippen LogP contribution >= 0.6 is 33.3 Å². The summed E-state index contributed by atoms with van der Waals surface area (Å²) in [6.45, 7) is 5.37. The smallest absolute Gasteiger partial charge is 0.323 e. The number of carbonyl (C=O) groups is 7. The number of guanidine groups is 1. The second-order valence-corrected chi connectivity index (χ2v) is 16.7. The third kappa shape index (κ3) is 45.3. The predicted octanol–water partition coefficient (Wildman–Crippen LogP) is -2.82. The Morgan fingerprint density at radius 2 is 0.984 bits per heavy atom. The molecule has 0 amide bonds. The molecule has 0 aromatic heterocycles. The zero-order valence-corrected chi connectivity index (χ0v) is 38.3. The Balaban J connectivity index is -0.000000221. The van der Waals surface area contributed by atoms with Crippen LogP contribution in [0.1, 0.15) is 45.6 Å². The summed E-state index contributed by atoms with van der Waals surface area (Å²) >= 11 is 1.60. The molecule has 29 heteroatoms. The topological polar surface area (TPSA) is 546 Å². The minimum atomic E-state index is -1.18. The van der Waals surface area contributed by atoms with E-state index in [0.717, 1.165) is 11.3 Å². The molecular formula is C35H68N10O16S3. The van der Waals surface area contributed by atoms with Crippen LogP contribution < -0.4 is 51.2 Å².